The zero-order chi connectivity index (χ0) is 9.59. The fraction of sp³-hybridized carbons (Fsp3) is 0.333. The number of hydrogen-bond donors (Lipinski definition) is 2. The van der Waals surface area contributed by atoms with Crippen molar-refractivity contribution >= 4 is 17.3 Å². The van der Waals surface area contributed by atoms with Crippen LogP contribution in [0.5, 0.6) is 0 Å². The zero-order valence-corrected chi connectivity index (χ0v) is 7.74. The summed E-state index contributed by atoms with van der Waals surface area (Å²) in [6, 6.07) is 1.20. The second-order valence-corrected chi connectivity index (χ2v) is 3.71. The van der Waals surface area contributed by atoms with Crippen LogP contribution >= 0.6 is 11.6 Å². The molecule has 0 amide bonds. The van der Waals surface area contributed by atoms with Gasteiger partial charge in [0.05, 0.1) is 5.69 Å². The molecule has 0 fully saturated rings. The average Bonchev–Trinajstić information content (AvgIpc) is 2.44. The van der Waals surface area contributed by atoms with E-state index in [0.717, 1.165) is 18.4 Å². The topological polar surface area (TPSA) is 52.0 Å². The summed E-state index contributed by atoms with van der Waals surface area (Å²) in [4.78, 5) is 0. The minimum atomic E-state index is -0.399. The molecule has 1 aliphatic rings. The molecule has 0 spiro atoms. The maximum absolute atomic E-state index is 13.5. The second kappa shape index (κ2) is 2.86. The largest absolute Gasteiger partial charge is 0.396 e. The number of fused-ring (bicyclic) bond motifs is 1. The van der Waals surface area contributed by atoms with E-state index in [0.29, 0.717) is 10.6 Å². The minimum absolute atomic E-state index is 0.0844. The smallest absolute Gasteiger partial charge is 0.151 e. The molecule has 0 unspecified atom stereocenters. The van der Waals surface area contributed by atoms with Crippen molar-refractivity contribution < 1.29 is 4.39 Å². The van der Waals surface area contributed by atoms with Crippen LogP contribution in [-0.4, -0.2) is 0 Å². The summed E-state index contributed by atoms with van der Waals surface area (Å²) in [7, 11) is 0. The van der Waals surface area contributed by atoms with Crippen LogP contribution in [0, 0.1) is 5.82 Å². The van der Waals surface area contributed by atoms with Crippen LogP contribution in [0.25, 0.3) is 0 Å². The Morgan fingerprint density at radius 2 is 2.23 bits per heavy atom. The maximum Gasteiger partial charge on any atom is 0.151 e. The summed E-state index contributed by atoms with van der Waals surface area (Å²) in [5.41, 5.74) is 12.6. The highest BCUT2D eigenvalue weighted by Crippen LogP contribution is 2.38. The molecule has 0 aromatic heterocycles. The first-order valence-corrected chi connectivity index (χ1v) is 4.51. The Bertz CT molecular complexity index is 365. The Morgan fingerprint density at radius 3 is 2.92 bits per heavy atom. The van der Waals surface area contributed by atoms with Crippen LogP contribution in [0.1, 0.15) is 23.6 Å². The minimum Gasteiger partial charge on any atom is -0.396 e. The molecule has 0 bridgehead atoms. The third kappa shape index (κ3) is 1.19. The van der Waals surface area contributed by atoms with Gasteiger partial charge in [-0.15, -0.1) is 0 Å². The van der Waals surface area contributed by atoms with Crippen molar-refractivity contribution in [1.29, 1.82) is 0 Å². The molecule has 1 aliphatic carbocycles. The Balaban J connectivity index is 2.70. The maximum atomic E-state index is 13.5. The molecule has 0 saturated heterocycles. The highest BCUT2D eigenvalue weighted by atomic mass is 35.5. The van der Waals surface area contributed by atoms with Crippen molar-refractivity contribution in [1.82, 2.24) is 0 Å². The van der Waals surface area contributed by atoms with Crippen molar-refractivity contribution in [3.63, 3.8) is 0 Å². The highest BCUT2D eigenvalue weighted by Gasteiger charge is 2.26. The van der Waals surface area contributed by atoms with Crippen LogP contribution in [0.2, 0.25) is 5.02 Å². The van der Waals surface area contributed by atoms with Gasteiger partial charge >= 0.3 is 0 Å². The van der Waals surface area contributed by atoms with E-state index in [9.17, 15) is 4.39 Å². The van der Waals surface area contributed by atoms with Crippen molar-refractivity contribution in [2.75, 3.05) is 5.73 Å². The first-order chi connectivity index (χ1) is 6.11. The molecule has 0 heterocycles. The van der Waals surface area contributed by atoms with Gasteiger partial charge in [-0.2, -0.15) is 0 Å². The first kappa shape index (κ1) is 8.78. The van der Waals surface area contributed by atoms with E-state index in [-0.39, 0.29) is 11.7 Å². The Hall–Kier alpha value is -0.800. The summed E-state index contributed by atoms with van der Waals surface area (Å²) >= 11 is 5.91. The molecule has 2 rings (SSSR count). The van der Waals surface area contributed by atoms with Crippen LogP contribution in [-0.2, 0) is 6.42 Å². The van der Waals surface area contributed by atoms with Crippen molar-refractivity contribution in [2.24, 2.45) is 5.73 Å². The van der Waals surface area contributed by atoms with E-state index in [1.807, 2.05) is 0 Å². The standard InChI is InChI=1S/C9H10ClFN2/c10-5-3-7(13)9(11)8-4(5)1-2-6(8)12/h3,6H,1-2,12-13H2/t6-/m0/s1. The molecule has 1 aromatic rings. The van der Waals surface area contributed by atoms with Crippen molar-refractivity contribution in [3.05, 3.63) is 28.0 Å². The summed E-state index contributed by atoms with van der Waals surface area (Å²) in [5.74, 6) is -0.399. The number of halogens is 2. The van der Waals surface area contributed by atoms with E-state index in [4.69, 9.17) is 23.1 Å². The number of anilines is 1. The van der Waals surface area contributed by atoms with Crippen molar-refractivity contribution in [3.8, 4) is 0 Å². The van der Waals surface area contributed by atoms with Gasteiger partial charge in [0.1, 0.15) is 0 Å². The normalized spacial score (nSPS) is 20.4. The molecular weight excluding hydrogens is 191 g/mol. The Kier molecular flexibility index (Phi) is 1.93. The molecule has 1 atom stereocenters. The molecule has 4 N–H and O–H groups in total. The van der Waals surface area contributed by atoms with Gasteiger partial charge < -0.3 is 11.5 Å². The summed E-state index contributed by atoms with van der Waals surface area (Å²) in [6.07, 6.45) is 1.49. The number of nitrogen functional groups attached to an aromatic ring is 1. The molecule has 1 aromatic carbocycles. The summed E-state index contributed by atoms with van der Waals surface area (Å²) < 4.78 is 13.5. The third-order valence-corrected chi connectivity index (χ3v) is 2.80. The van der Waals surface area contributed by atoms with Gasteiger partial charge in [-0.25, -0.2) is 4.39 Å². The van der Waals surface area contributed by atoms with E-state index < -0.39 is 5.82 Å². The predicted molar refractivity (Wildman–Crippen MR) is 51.1 cm³/mol. The Labute approximate surface area is 80.7 Å². The van der Waals surface area contributed by atoms with Gasteiger partial charge in [-0.3, -0.25) is 0 Å². The number of rotatable bonds is 0. The molecule has 4 heteroatoms. The fourth-order valence-electron chi connectivity index (χ4n) is 1.79. The Morgan fingerprint density at radius 1 is 1.54 bits per heavy atom. The first-order valence-electron chi connectivity index (χ1n) is 4.13. The van der Waals surface area contributed by atoms with E-state index in [2.05, 4.69) is 0 Å². The van der Waals surface area contributed by atoms with Gasteiger partial charge in [-0.1, -0.05) is 11.6 Å². The van der Waals surface area contributed by atoms with Gasteiger partial charge in [0.25, 0.3) is 0 Å². The lowest BCUT2D eigenvalue weighted by atomic mass is 10.1. The van der Waals surface area contributed by atoms with Crippen LogP contribution in [0.4, 0.5) is 10.1 Å². The lowest BCUT2D eigenvalue weighted by molar-refractivity contribution is 0.593. The van der Waals surface area contributed by atoms with Gasteiger partial charge in [0, 0.05) is 16.6 Å². The molecule has 0 saturated carbocycles. The molecule has 70 valence electrons. The quantitative estimate of drug-likeness (QED) is 0.630. The molecule has 0 aliphatic heterocycles. The predicted octanol–water partition coefficient (Wildman–Crippen LogP) is 2.01. The second-order valence-electron chi connectivity index (χ2n) is 3.30. The summed E-state index contributed by atoms with van der Waals surface area (Å²) in [6.45, 7) is 0. The van der Waals surface area contributed by atoms with E-state index in [1.54, 1.807) is 0 Å². The van der Waals surface area contributed by atoms with Gasteiger partial charge in [0.15, 0.2) is 5.82 Å². The summed E-state index contributed by atoms with van der Waals surface area (Å²) in [5, 5.41) is 0.529. The van der Waals surface area contributed by atoms with Gasteiger partial charge in [-0.05, 0) is 24.5 Å². The van der Waals surface area contributed by atoms with Crippen LogP contribution in [0.3, 0.4) is 0 Å². The fourth-order valence-corrected chi connectivity index (χ4v) is 2.10. The van der Waals surface area contributed by atoms with Crippen LogP contribution in [0.15, 0.2) is 6.07 Å². The monoisotopic (exact) mass is 200 g/mol. The molecule has 2 nitrogen and oxygen atoms in total. The zero-order valence-electron chi connectivity index (χ0n) is 6.98. The third-order valence-electron chi connectivity index (χ3n) is 2.46. The van der Waals surface area contributed by atoms with Gasteiger partial charge in [0.2, 0.25) is 0 Å². The number of hydrogen-bond acceptors (Lipinski definition) is 2. The molecule has 13 heavy (non-hydrogen) atoms. The van der Waals surface area contributed by atoms with E-state index >= 15 is 0 Å². The molecule has 0 radical (unpaired) electrons. The molecular formula is C9H10ClFN2. The number of nitrogens with two attached hydrogens (primary N) is 2. The SMILES string of the molecule is Nc1cc(Cl)c2c(c1F)[C@@H](N)CC2. The number of benzene rings is 1. The van der Waals surface area contributed by atoms with Crippen molar-refractivity contribution in [2.45, 2.75) is 18.9 Å². The van der Waals surface area contributed by atoms with E-state index in [1.165, 1.54) is 6.07 Å². The lowest BCUT2D eigenvalue weighted by Crippen LogP contribution is -2.09. The average molecular weight is 201 g/mol. The van der Waals surface area contributed by atoms with Crippen LogP contribution < -0.4 is 11.5 Å². The highest BCUT2D eigenvalue weighted by molar-refractivity contribution is 6.31. The lowest BCUT2D eigenvalue weighted by Gasteiger charge is -2.09.